The summed E-state index contributed by atoms with van der Waals surface area (Å²) in [5.41, 5.74) is 3.72. The number of aryl methyl sites for hydroxylation is 1. The number of benzene rings is 2. The molecule has 0 spiro atoms. The Kier molecular flexibility index (Phi) is 5.16. The standard InChI is InChI=1S/C21H23N5O3/c1-25-18-8-7-15(10-17(18)23-24-25)12-22-20(27)19-11-16(13-26(19)21(28)29)9-14-5-3-2-4-6-14/h2-8,10,16,19H,9,11-13H2,1H3,(H,22,27)(H,28,29)/t16-,19-/m0/s1. The molecular weight excluding hydrogens is 370 g/mol. The molecule has 2 heterocycles. The largest absolute Gasteiger partial charge is 0.465 e. The first-order chi connectivity index (χ1) is 14.0. The molecule has 1 aromatic heterocycles. The highest BCUT2D eigenvalue weighted by Crippen LogP contribution is 2.27. The molecule has 1 saturated heterocycles. The predicted molar refractivity (Wildman–Crippen MR) is 107 cm³/mol. The zero-order valence-electron chi connectivity index (χ0n) is 16.2. The monoisotopic (exact) mass is 393 g/mol. The summed E-state index contributed by atoms with van der Waals surface area (Å²) in [5.74, 6) is -0.137. The van der Waals surface area contributed by atoms with Crippen LogP contribution in [0.5, 0.6) is 0 Å². The van der Waals surface area contributed by atoms with Crippen LogP contribution < -0.4 is 5.32 Å². The van der Waals surface area contributed by atoms with Gasteiger partial charge in [0.1, 0.15) is 11.6 Å². The molecule has 150 valence electrons. The lowest BCUT2D eigenvalue weighted by Crippen LogP contribution is -2.45. The predicted octanol–water partition coefficient (Wildman–Crippen LogP) is 2.20. The Labute approximate surface area is 168 Å². The maximum absolute atomic E-state index is 12.8. The van der Waals surface area contributed by atoms with E-state index in [9.17, 15) is 14.7 Å². The van der Waals surface area contributed by atoms with Crippen molar-refractivity contribution in [1.82, 2.24) is 25.2 Å². The fourth-order valence-electron chi connectivity index (χ4n) is 3.98. The summed E-state index contributed by atoms with van der Waals surface area (Å²) in [5, 5.41) is 20.5. The highest BCUT2D eigenvalue weighted by Gasteiger charge is 2.39. The fourth-order valence-corrected chi connectivity index (χ4v) is 3.98. The fraction of sp³-hybridized carbons (Fsp3) is 0.333. The SMILES string of the molecule is Cn1nnc2cc(CNC(=O)[C@@H]3C[C@H](Cc4ccccc4)CN3C(=O)O)ccc21. The Balaban J connectivity index is 1.40. The topological polar surface area (TPSA) is 100 Å². The van der Waals surface area contributed by atoms with Crippen LogP contribution in [0, 0.1) is 5.92 Å². The van der Waals surface area contributed by atoms with E-state index in [0.29, 0.717) is 19.5 Å². The lowest BCUT2D eigenvalue weighted by molar-refractivity contribution is -0.125. The first-order valence-electron chi connectivity index (χ1n) is 9.61. The average Bonchev–Trinajstić information content (AvgIpc) is 3.31. The molecule has 3 aromatic rings. The summed E-state index contributed by atoms with van der Waals surface area (Å²) in [6.45, 7) is 0.687. The van der Waals surface area contributed by atoms with Gasteiger partial charge in [-0.25, -0.2) is 9.48 Å². The van der Waals surface area contributed by atoms with Gasteiger partial charge >= 0.3 is 6.09 Å². The quantitative estimate of drug-likeness (QED) is 0.692. The van der Waals surface area contributed by atoms with Crippen LogP contribution in [0.15, 0.2) is 48.5 Å². The summed E-state index contributed by atoms with van der Waals surface area (Å²) in [6.07, 6.45) is 0.232. The Morgan fingerprint density at radius 1 is 1.17 bits per heavy atom. The summed E-state index contributed by atoms with van der Waals surface area (Å²) < 4.78 is 1.69. The van der Waals surface area contributed by atoms with Crippen molar-refractivity contribution in [3.63, 3.8) is 0 Å². The van der Waals surface area contributed by atoms with Gasteiger partial charge < -0.3 is 10.4 Å². The first-order valence-corrected chi connectivity index (χ1v) is 9.61. The van der Waals surface area contributed by atoms with Gasteiger partial charge in [0.15, 0.2) is 0 Å². The zero-order chi connectivity index (χ0) is 20.4. The molecule has 2 amide bonds. The molecule has 2 aromatic carbocycles. The number of rotatable bonds is 5. The van der Waals surface area contributed by atoms with Gasteiger partial charge in [-0.05, 0) is 42.0 Å². The van der Waals surface area contributed by atoms with Crippen LogP contribution in [0.1, 0.15) is 17.5 Å². The highest BCUT2D eigenvalue weighted by molar-refractivity contribution is 5.86. The van der Waals surface area contributed by atoms with E-state index < -0.39 is 12.1 Å². The smallest absolute Gasteiger partial charge is 0.407 e. The molecule has 0 aliphatic carbocycles. The van der Waals surface area contributed by atoms with Crippen molar-refractivity contribution < 1.29 is 14.7 Å². The third kappa shape index (κ3) is 4.06. The van der Waals surface area contributed by atoms with Crippen LogP contribution in [-0.4, -0.2) is 49.6 Å². The zero-order valence-corrected chi connectivity index (χ0v) is 16.2. The second-order valence-electron chi connectivity index (χ2n) is 7.50. The Morgan fingerprint density at radius 2 is 1.97 bits per heavy atom. The van der Waals surface area contributed by atoms with Gasteiger partial charge in [-0.15, -0.1) is 5.10 Å². The van der Waals surface area contributed by atoms with Gasteiger partial charge in [-0.1, -0.05) is 41.6 Å². The van der Waals surface area contributed by atoms with Crippen molar-refractivity contribution in [3.8, 4) is 0 Å². The number of fused-ring (bicyclic) bond motifs is 1. The van der Waals surface area contributed by atoms with Crippen LogP contribution >= 0.6 is 0 Å². The number of hydrogen-bond donors (Lipinski definition) is 2. The van der Waals surface area contributed by atoms with Crippen molar-refractivity contribution in [3.05, 3.63) is 59.7 Å². The number of carbonyl (C=O) groups is 2. The Bertz CT molecular complexity index is 1030. The third-order valence-corrected chi connectivity index (χ3v) is 5.45. The molecule has 1 fully saturated rings. The minimum Gasteiger partial charge on any atom is -0.465 e. The number of amides is 2. The van der Waals surface area contributed by atoms with E-state index in [1.165, 1.54) is 4.90 Å². The van der Waals surface area contributed by atoms with Crippen LogP contribution in [0.2, 0.25) is 0 Å². The molecule has 8 nitrogen and oxygen atoms in total. The summed E-state index contributed by atoms with van der Waals surface area (Å²) in [6, 6.07) is 15.0. The van der Waals surface area contributed by atoms with Crippen LogP contribution in [0.25, 0.3) is 11.0 Å². The van der Waals surface area contributed by atoms with Gasteiger partial charge in [0.2, 0.25) is 5.91 Å². The van der Waals surface area contributed by atoms with E-state index in [1.54, 1.807) is 4.68 Å². The minimum absolute atomic E-state index is 0.125. The maximum atomic E-state index is 12.8. The van der Waals surface area contributed by atoms with E-state index in [4.69, 9.17) is 0 Å². The van der Waals surface area contributed by atoms with Gasteiger partial charge in [-0.2, -0.15) is 0 Å². The number of nitrogens with zero attached hydrogens (tertiary/aromatic N) is 4. The number of hydrogen-bond acceptors (Lipinski definition) is 4. The van der Waals surface area contributed by atoms with Crippen molar-refractivity contribution in [2.24, 2.45) is 13.0 Å². The van der Waals surface area contributed by atoms with Gasteiger partial charge in [0.05, 0.1) is 5.52 Å². The Hall–Kier alpha value is -3.42. The van der Waals surface area contributed by atoms with E-state index in [0.717, 1.165) is 28.6 Å². The van der Waals surface area contributed by atoms with E-state index in [2.05, 4.69) is 15.6 Å². The summed E-state index contributed by atoms with van der Waals surface area (Å²) >= 11 is 0. The molecule has 2 N–H and O–H groups in total. The van der Waals surface area contributed by atoms with E-state index in [-0.39, 0.29) is 11.8 Å². The summed E-state index contributed by atoms with van der Waals surface area (Å²) in [4.78, 5) is 25.7. The average molecular weight is 393 g/mol. The molecule has 8 heteroatoms. The van der Waals surface area contributed by atoms with E-state index in [1.807, 2.05) is 55.6 Å². The molecule has 0 bridgehead atoms. The lowest BCUT2D eigenvalue weighted by Gasteiger charge is -2.20. The molecule has 29 heavy (non-hydrogen) atoms. The second-order valence-corrected chi connectivity index (χ2v) is 7.50. The summed E-state index contributed by atoms with van der Waals surface area (Å²) in [7, 11) is 1.82. The molecule has 1 aliphatic rings. The number of nitrogens with one attached hydrogen (secondary N) is 1. The molecule has 2 atom stereocenters. The normalized spacial score (nSPS) is 18.9. The van der Waals surface area contributed by atoms with Gasteiger partial charge in [0, 0.05) is 20.1 Å². The second kappa shape index (κ2) is 7.90. The van der Waals surface area contributed by atoms with Crippen molar-refractivity contribution in [2.45, 2.75) is 25.4 Å². The third-order valence-electron chi connectivity index (χ3n) is 5.45. The lowest BCUT2D eigenvalue weighted by atomic mass is 9.96. The van der Waals surface area contributed by atoms with Crippen LogP contribution in [0.4, 0.5) is 4.79 Å². The number of carbonyl (C=O) groups excluding carboxylic acids is 1. The molecular formula is C21H23N5O3. The maximum Gasteiger partial charge on any atom is 0.407 e. The molecule has 4 rings (SSSR count). The first kappa shape index (κ1) is 18.9. The van der Waals surface area contributed by atoms with Crippen molar-refractivity contribution in [2.75, 3.05) is 6.54 Å². The van der Waals surface area contributed by atoms with Crippen LogP contribution in [0.3, 0.4) is 0 Å². The number of aromatic nitrogens is 3. The molecule has 0 unspecified atom stereocenters. The molecule has 0 radical (unpaired) electrons. The van der Waals surface area contributed by atoms with E-state index >= 15 is 0 Å². The minimum atomic E-state index is -1.05. The van der Waals surface area contributed by atoms with Gasteiger partial charge in [0.25, 0.3) is 0 Å². The molecule has 1 aliphatic heterocycles. The Morgan fingerprint density at radius 3 is 2.72 bits per heavy atom. The van der Waals surface area contributed by atoms with Crippen LogP contribution in [-0.2, 0) is 24.8 Å². The van der Waals surface area contributed by atoms with Crippen molar-refractivity contribution in [1.29, 1.82) is 0 Å². The number of likely N-dealkylation sites (tertiary alicyclic amines) is 1. The van der Waals surface area contributed by atoms with Gasteiger partial charge in [-0.3, -0.25) is 9.69 Å². The number of carboxylic acid groups (broad SMARTS) is 1. The molecule has 0 saturated carbocycles. The highest BCUT2D eigenvalue weighted by atomic mass is 16.4. The van der Waals surface area contributed by atoms with Crippen molar-refractivity contribution >= 4 is 23.0 Å².